The van der Waals surface area contributed by atoms with Gasteiger partial charge in [-0.25, -0.2) is 8.42 Å². The third-order valence-electron chi connectivity index (χ3n) is 3.02. The Hall–Kier alpha value is -0.970. The zero-order chi connectivity index (χ0) is 17.0. The smallest absolute Gasteiger partial charge is 0.243 e. The number of carbonyl (C=O) groups is 1. The fourth-order valence-electron chi connectivity index (χ4n) is 1.81. The molecule has 0 unspecified atom stereocenters. The molecule has 122 valence electrons. The minimum Gasteiger partial charge on any atom is -0.325 e. The largest absolute Gasteiger partial charge is 0.325 e. The average molecular weight is 509 g/mol. The monoisotopic (exact) mass is 508 g/mol. The Labute approximate surface area is 157 Å². The van der Waals surface area contributed by atoms with Gasteiger partial charge < -0.3 is 5.32 Å². The fourth-order valence-corrected chi connectivity index (χ4v) is 3.56. The highest BCUT2D eigenvalue weighted by molar-refractivity contribution is 14.1. The van der Waals surface area contributed by atoms with Crippen molar-refractivity contribution in [2.24, 2.45) is 0 Å². The van der Waals surface area contributed by atoms with Gasteiger partial charge in [0.05, 0.1) is 11.4 Å². The van der Waals surface area contributed by atoms with Crippen molar-refractivity contribution in [3.63, 3.8) is 0 Å². The Morgan fingerprint density at radius 2 is 1.70 bits per heavy atom. The highest BCUT2D eigenvalue weighted by Gasteiger charge is 2.22. The van der Waals surface area contributed by atoms with Gasteiger partial charge >= 0.3 is 0 Å². The summed E-state index contributed by atoms with van der Waals surface area (Å²) >= 11 is 5.42. The van der Waals surface area contributed by atoms with Crippen LogP contribution in [0.5, 0.6) is 0 Å². The third-order valence-corrected chi connectivity index (χ3v) is 6.08. The molecule has 0 bridgehead atoms. The molecule has 0 saturated heterocycles. The second kappa shape index (κ2) is 7.73. The Kier molecular flexibility index (Phi) is 6.18. The van der Waals surface area contributed by atoms with E-state index in [9.17, 15) is 13.2 Å². The van der Waals surface area contributed by atoms with Gasteiger partial charge in [-0.1, -0.05) is 15.9 Å². The van der Waals surface area contributed by atoms with Crippen LogP contribution in [0.15, 0.2) is 57.9 Å². The van der Waals surface area contributed by atoms with E-state index in [1.54, 1.807) is 24.3 Å². The first kappa shape index (κ1) is 18.4. The number of nitrogens with one attached hydrogen (secondary N) is 1. The summed E-state index contributed by atoms with van der Waals surface area (Å²) in [5, 5.41) is 2.68. The highest BCUT2D eigenvalue weighted by Crippen LogP contribution is 2.18. The molecule has 0 saturated carbocycles. The van der Waals surface area contributed by atoms with Crippen LogP contribution in [0.3, 0.4) is 0 Å². The molecule has 0 radical (unpaired) electrons. The molecule has 8 heteroatoms. The van der Waals surface area contributed by atoms with E-state index in [0.717, 1.165) is 12.3 Å². The fraction of sp³-hybridized carbons (Fsp3) is 0.133. The van der Waals surface area contributed by atoms with Crippen molar-refractivity contribution in [3.8, 4) is 0 Å². The molecule has 1 N–H and O–H groups in total. The van der Waals surface area contributed by atoms with Gasteiger partial charge in [-0.05, 0) is 71.1 Å². The van der Waals surface area contributed by atoms with Crippen LogP contribution in [0.25, 0.3) is 0 Å². The highest BCUT2D eigenvalue weighted by atomic mass is 127. The lowest BCUT2D eigenvalue weighted by atomic mass is 10.3. The molecule has 5 nitrogen and oxygen atoms in total. The Morgan fingerprint density at radius 1 is 1.13 bits per heavy atom. The van der Waals surface area contributed by atoms with Crippen molar-refractivity contribution in [3.05, 3.63) is 56.6 Å². The maximum absolute atomic E-state index is 12.4. The number of benzene rings is 2. The number of anilines is 1. The van der Waals surface area contributed by atoms with Crippen molar-refractivity contribution in [2.45, 2.75) is 4.90 Å². The van der Waals surface area contributed by atoms with E-state index in [1.165, 1.54) is 19.2 Å². The first-order valence-corrected chi connectivity index (χ1v) is 9.87. The molecule has 1 amide bonds. The van der Waals surface area contributed by atoms with Crippen LogP contribution in [0.2, 0.25) is 0 Å². The summed E-state index contributed by atoms with van der Waals surface area (Å²) < 4.78 is 27.7. The van der Waals surface area contributed by atoms with Gasteiger partial charge in [0.2, 0.25) is 15.9 Å². The molecule has 2 aromatic rings. The summed E-state index contributed by atoms with van der Waals surface area (Å²) in [7, 11) is -2.32. The van der Waals surface area contributed by atoms with Crippen molar-refractivity contribution < 1.29 is 13.2 Å². The van der Waals surface area contributed by atoms with Crippen molar-refractivity contribution in [1.82, 2.24) is 4.31 Å². The summed E-state index contributed by atoms with van der Waals surface area (Å²) in [6, 6.07) is 13.5. The summed E-state index contributed by atoms with van der Waals surface area (Å²) in [4.78, 5) is 12.2. The summed E-state index contributed by atoms with van der Waals surface area (Å²) in [6.45, 7) is -0.260. The molecule has 0 atom stereocenters. The van der Waals surface area contributed by atoms with E-state index in [-0.39, 0.29) is 11.4 Å². The van der Waals surface area contributed by atoms with Crippen LogP contribution >= 0.6 is 38.5 Å². The molecule has 2 aromatic carbocycles. The molecule has 0 aliphatic carbocycles. The normalized spacial score (nSPS) is 11.5. The van der Waals surface area contributed by atoms with Gasteiger partial charge in [0, 0.05) is 20.8 Å². The van der Waals surface area contributed by atoms with E-state index < -0.39 is 15.9 Å². The van der Waals surface area contributed by atoms with Crippen molar-refractivity contribution >= 4 is 60.1 Å². The molecule has 0 spiro atoms. The van der Waals surface area contributed by atoms with Gasteiger partial charge in [-0.2, -0.15) is 4.31 Å². The number of halogens is 2. The molecule has 0 fully saturated rings. The van der Waals surface area contributed by atoms with E-state index in [4.69, 9.17) is 0 Å². The zero-order valence-corrected chi connectivity index (χ0v) is 16.7. The molecule has 0 heterocycles. The second-order valence-corrected chi connectivity index (χ2v) is 8.98. The van der Waals surface area contributed by atoms with Crippen LogP contribution in [0.4, 0.5) is 5.69 Å². The predicted octanol–water partition coefficient (Wildman–Crippen LogP) is 3.31. The number of likely N-dealkylation sites (N-methyl/N-ethyl adjacent to an activating group) is 1. The Bertz CT molecular complexity index is 792. The quantitative estimate of drug-likeness (QED) is 0.630. The number of amides is 1. The minimum absolute atomic E-state index is 0.144. The average Bonchev–Trinajstić information content (AvgIpc) is 2.50. The Morgan fingerprint density at radius 3 is 2.26 bits per heavy atom. The zero-order valence-electron chi connectivity index (χ0n) is 12.2. The summed E-state index contributed by atoms with van der Waals surface area (Å²) in [5.41, 5.74) is 0.629. The van der Waals surface area contributed by atoms with Gasteiger partial charge in [-0.15, -0.1) is 0 Å². The van der Waals surface area contributed by atoms with E-state index in [0.29, 0.717) is 5.69 Å². The lowest BCUT2D eigenvalue weighted by Crippen LogP contribution is -2.34. The Balaban J connectivity index is 2.05. The van der Waals surface area contributed by atoms with E-state index in [2.05, 4.69) is 43.8 Å². The lowest BCUT2D eigenvalue weighted by molar-refractivity contribution is -0.116. The van der Waals surface area contributed by atoms with Crippen LogP contribution in [0.1, 0.15) is 0 Å². The molecule has 0 aliphatic heterocycles. The van der Waals surface area contributed by atoms with Gasteiger partial charge in [0.15, 0.2) is 0 Å². The molecule has 0 aromatic heterocycles. The SMILES string of the molecule is CN(CC(=O)Nc1ccc(I)cc1)S(=O)(=O)c1ccc(Br)cc1. The van der Waals surface area contributed by atoms with Crippen molar-refractivity contribution in [1.29, 1.82) is 0 Å². The van der Waals surface area contributed by atoms with Gasteiger partial charge in [0.1, 0.15) is 0 Å². The number of nitrogens with zero attached hydrogens (tertiary/aromatic N) is 1. The molecule has 2 rings (SSSR count). The molecular weight excluding hydrogens is 495 g/mol. The topological polar surface area (TPSA) is 66.5 Å². The third kappa shape index (κ3) is 5.00. The number of carbonyl (C=O) groups excluding carboxylic acids is 1. The first-order valence-electron chi connectivity index (χ1n) is 6.56. The molecule has 0 aliphatic rings. The number of rotatable bonds is 5. The number of sulfonamides is 1. The predicted molar refractivity (Wildman–Crippen MR) is 102 cm³/mol. The molecular formula is C15H14BrIN2O3S. The number of hydrogen-bond donors (Lipinski definition) is 1. The van der Waals surface area contributed by atoms with E-state index in [1.807, 2.05) is 12.1 Å². The molecule has 23 heavy (non-hydrogen) atoms. The summed E-state index contributed by atoms with van der Waals surface area (Å²) in [5.74, 6) is -0.394. The van der Waals surface area contributed by atoms with Gasteiger partial charge in [0.25, 0.3) is 0 Å². The number of hydrogen-bond acceptors (Lipinski definition) is 3. The standard InChI is InChI=1S/C15H14BrIN2O3S/c1-19(23(21,22)14-8-2-11(16)3-9-14)10-15(20)18-13-6-4-12(17)5-7-13/h2-9H,10H2,1H3,(H,18,20). The minimum atomic E-state index is -3.70. The van der Waals surface area contributed by atoms with Gasteiger partial charge in [-0.3, -0.25) is 4.79 Å². The summed E-state index contributed by atoms with van der Waals surface area (Å²) in [6.07, 6.45) is 0. The maximum Gasteiger partial charge on any atom is 0.243 e. The van der Waals surface area contributed by atoms with Crippen LogP contribution in [0, 0.1) is 3.57 Å². The lowest BCUT2D eigenvalue weighted by Gasteiger charge is -2.17. The first-order chi connectivity index (χ1) is 10.8. The van der Waals surface area contributed by atoms with Crippen molar-refractivity contribution in [2.75, 3.05) is 18.9 Å². The second-order valence-electron chi connectivity index (χ2n) is 4.77. The maximum atomic E-state index is 12.4. The van der Waals surface area contributed by atoms with Crippen LogP contribution < -0.4 is 5.32 Å². The van der Waals surface area contributed by atoms with E-state index >= 15 is 0 Å². The van der Waals surface area contributed by atoms with Crippen LogP contribution in [-0.2, 0) is 14.8 Å². The van der Waals surface area contributed by atoms with Crippen LogP contribution in [-0.4, -0.2) is 32.2 Å².